The van der Waals surface area contributed by atoms with Gasteiger partial charge in [-0.2, -0.15) is 0 Å². The Morgan fingerprint density at radius 2 is 2.47 bits per heavy atom. The zero-order chi connectivity index (χ0) is 13.8. The van der Waals surface area contributed by atoms with Gasteiger partial charge in [0, 0.05) is 30.5 Å². The molecule has 0 saturated heterocycles. The molecule has 1 heterocycles. The molecule has 19 heavy (non-hydrogen) atoms. The minimum Gasteiger partial charge on any atom is -0.497 e. The van der Waals surface area contributed by atoms with Crippen LogP contribution in [0.3, 0.4) is 0 Å². The van der Waals surface area contributed by atoms with Crippen molar-refractivity contribution < 1.29 is 14.6 Å². The van der Waals surface area contributed by atoms with Crippen LogP contribution in [-0.2, 0) is 6.54 Å². The molecular formula is C12H14N4O3. The van der Waals surface area contributed by atoms with Gasteiger partial charge in [-0.3, -0.25) is 0 Å². The largest absolute Gasteiger partial charge is 0.497 e. The molecular weight excluding hydrogens is 248 g/mol. The maximum absolute atomic E-state index is 11.1. The van der Waals surface area contributed by atoms with Crippen molar-refractivity contribution in [3.63, 3.8) is 0 Å². The highest BCUT2D eigenvalue weighted by atomic mass is 16.5. The van der Waals surface area contributed by atoms with E-state index in [9.17, 15) is 4.79 Å². The van der Waals surface area contributed by atoms with E-state index in [1.54, 1.807) is 13.2 Å². The summed E-state index contributed by atoms with van der Waals surface area (Å²) in [6.07, 6.45) is -0.965. The summed E-state index contributed by atoms with van der Waals surface area (Å²) in [6, 6.07) is 5.53. The van der Waals surface area contributed by atoms with Crippen molar-refractivity contribution in [3.8, 4) is 5.75 Å². The summed E-state index contributed by atoms with van der Waals surface area (Å²) in [5.41, 5.74) is 10.3. The van der Waals surface area contributed by atoms with Crippen LogP contribution < -0.4 is 4.74 Å². The molecule has 7 heteroatoms. The van der Waals surface area contributed by atoms with Crippen molar-refractivity contribution in [1.29, 1.82) is 0 Å². The number of fused-ring (bicyclic) bond motifs is 1. The van der Waals surface area contributed by atoms with Crippen molar-refractivity contribution in [1.82, 2.24) is 4.90 Å². The molecule has 1 amide bonds. The fourth-order valence-electron chi connectivity index (χ4n) is 2.30. The van der Waals surface area contributed by atoms with Crippen LogP contribution in [0, 0.1) is 0 Å². The third-order valence-corrected chi connectivity index (χ3v) is 3.23. The molecule has 0 bridgehead atoms. The fourth-order valence-corrected chi connectivity index (χ4v) is 2.30. The van der Waals surface area contributed by atoms with Crippen LogP contribution in [0.1, 0.15) is 17.0 Å². The predicted molar refractivity (Wildman–Crippen MR) is 68.2 cm³/mol. The number of nitrogens with zero attached hydrogens (tertiary/aromatic N) is 4. The fraction of sp³-hybridized carbons (Fsp3) is 0.417. The number of ether oxygens (including phenoxy) is 1. The van der Waals surface area contributed by atoms with E-state index in [2.05, 4.69) is 10.0 Å². The monoisotopic (exact) mass is 262 g/mol. The highest BCUT2D eigenvalue weighted by Crippen LogP contribution is 2.31. The number of azide groups is 1. The average molecular weight is 262 g/mol. The van der Waals surface area contributed by atoms with Crippen LogP contribution in [0.25, 0.3) is 10.4 Å². The second-order valence-electron chi connectivity index (χ2n) is 4.34. The number of benzene rings is 1. The summed E-state index contributed by atoms with van der Waals surface area (Å²) in [5, 5.41) is 12.7. The Morgan fingerprint density at radius 1 is 1.68 bits per heavy atom. The topological polar surface area (TPSA) is 98.5 Å². The Hall–Kier alpha value is -2.40. The van der Waals surface area contributed by atoms with Crippen molar-refractivity contribution in [2.24, 2.45) is 5.11 Å². The number of amides is 1. The van der Waals surface area contributed by atoms with Crippen LogP contribution in [-0.4, -0.2) is 36.3 Å². The summed E-state index contributed by atoms with van der Waals surface area (Å²) in [4.78, 5) is 15.2. The van der Waals surface area contributed by atoms with Crippen molar-refractivity contribution in [3.05, 3.63) is 39.8 Å². The van der Waals surface area contributed by atoms with Crippen LogP contribution in [0.15, 0.2) is 23.3 Å². The second kappa shape index (κ2) is 5.49. The number of carbonyl (C=O) groups is 1. The molecule has 1 aliphatic heterocycles. The Labute approximate surface area is 110 Å². The third-order valence-electron chi connectivity index (χ3n) is 3.23. The molecule has 0 fully saturated rings. The molecule has 100 valence electrons. The zero-order valence-electron chi connectivity index (χ0n) is 10.5. The van der Waals surface area contributed by atoms with Crippen molar-refractivity contribution >= 4 is 6.09 Å². The first-order chi connectivity index (χ1) is 9.15. The second-order valence-corrected chi connectivity index (χ2v) is 4.34. The third kappa shape index (κ3) is 2.71. The van der Waals surface area contributed by atoms with Crippen LogP contribution in [0.2, 0.25) is 0 Å². The van der Waals surface area contributed by atoms with E-state index in [4.69, 9.17) is 15.4 Å². The minimum atomic E-state index is -0.965. The first-order valence-electron chi connectivity index (χ1n) is 5.81. The number of carboxylic acid groups (broad SMARTS) is 1. The van der Waals surface area contributed by atoms with Crippen LogP contribution in [0.5, 0.6) is 5.75 Å². The van der Waals surface area contributed by atoms with Gasteiger partial charge in [0.2, 0.25) is 0 Å². The number of methoxy groups -OCH3 is 1. The summed E-state index contributed by atoms with van der Waals surface area (Å²) in [7, 11) is 1.58. The molecule has 0 aliphatic carbocycles. The molecule has 0 aromatic heterocycles. The highest BCUT2D eigenvalue weighted by Gasteiger charge is 2.27. The van der Waals surface area contributed by atoms with E-state index in [1.165, 1.54) is 4.90 Å². The van der Waals surface area contributed by atoms with Gasteiger partial charge >= 0.3 is 6.09 Å². The number of rotatable bonds is 3. The lowest BCUT2D eigenvalue weighted by molar-refractivity contribution is 0.135. The van der Waals surface area contributed by atoms with E-state index in [-0.39, 0.29) is 12.5 Å². The van der Waals surface area contributed by atoms with Crippen molar-refractivity contribution in [2.75, 3.05) is 20.2 Å². The van der Waals surface area contributed by atoms with E-state index < -0.39 is 6.09 Å². The summed E-state index contributed by atoms with van der Waals surface area (Å²) in [5.74, 6) is 0.583. The van der Waals surface area contributed by atoms with E-state index in [1.807, 2.05) is 12.1 Å². The average Bonchev–Trinajstić information content (AvgIpc) is 2.43. The Morgan fingerprint density at radius 3 is 3.11 bits per heavy atom. The molecule has 1 aliphatic rings. The van der Waals surface area contributed by atoms with Crippen LogP contribution in [0.4, 0.5) is 4.79 Å². The molecule has 0 spiro atoms. The Kier molecular flexibility index (Phi) is 3.77. The van der Waals surface area contributed by atoms with E-state index in [0.29, 0.717) is 18.8 Å². The normalized spacial score (nSPS) is 17.3. The standard InChI is InChI=1S/C12H14N4O3/c1-19-10-3-2-8-6-16(12(17)18)7-9(5-14-15-13)11(8)4-10/h2-4,9H,5-7H2,1H3,(H,17,18). The van der Waals surface area contributed by atoms with Crippen LogP contribution >= 0.6 is 0 Å². The summed E-state index contributed by atoms with van der Waals surface area (Å²) >= 11 is 0. The number of hydrogen-bond donors (Lipinski definition) is 1. The van der Waals surface area contributed by atoms with Gasteiger partial charge < -0.3 is 14.7 Å². The lowest BCUT2D eigenvalue weighted by Crippen LogP contribution is -2.38. The highest BCUT2D eigenvalue weighted by molar-refractivity contribution is 5.66. The SMILES string of the molecule is COc1ccc2c(c1)C(CN=[N+]=[N-])CN(C(=O)O)C2. The van der Waals surface area contributed by atoms with E-state index >= 15 is 0 Å². The Bertz CT molecular complexity index is 540. The maximum Gasteiger partial charge on any atom is 0.407 e. The van der Waals surface area contributed by atoms with Gasteiger partial charge in [-0.05, 0) is 28.8 Å². The number of hydrogen-bond acceptors (Lipinski definition) is 3. The van der Waals surface area contributed by atoms with Gasteiger partial charge in [0.1, 0.15) is 5.75 Å². The van der Waals surface area contributed by atoms with Gasteiger partial charge in [0.15, 0.2) is 0 Å². The Balaban J connectivity index is 2.37. The first-order valence-corrected chi connectivity index (χ1v) is 5.81. The molecule has 2 rings (SSSR count). The molecule has 0 saturated carbocycles. The van der Waals surface area contributed by atoms with Crippen molar-refractivity contribution in [2.45, 2.75) is 12.5 Å². The lowest BCUT2D eigenvalue weighted by Gasteiger charge is -2.32. The first kappa shape index (κ1) is 13.0. The quantitative estimate of drug-likeness (QED) is 0.514. The summed E-state index contributed by atoms with van der Waals surface area (Å²) in [6.45, 7) is 0.913. The molecule has 1 unspecified atom stereocenters. The minimum absolute atomic E-state index is 0.133. The molecule has 1 atom stereocenters. The lowest BCUT2D eigenvalue weighted by atomic mass is 9.89. The van der Waals surface area contributed by atoms with Gasteiger partial charge in [0.25, 0.3) is 0 Å². The predicted octanol–water partition coefficient (Wildman–Crippen LogP) is 2.58. The van der Waals surface area contributed by atoms with Gasteiger partial charge in [-0.25, -0.2) is 4.79 Å². The van der Waals surface area contributed by atoms with Gasteiger partial charge in [-0.1, -0.05) is 11.2 Å². The molecule has 0 radical (unpaired) electrons. The zero-order valence-corrected chi connectivity index (χ0v) is 10.5. The van der Waals surface area contributed by atoms with E-state index in [0.717, 1.165) is 11.1 Å². The maximum atomic E-state index is 11.1. The molecule has 1 N–H and O–H groups in total. The van der Waals surface area contributed by atoms with Gasteiger partial charge in [0.05, 0.1) is 7.11 Å². The molecule has 7 nitrogen and oxygen atoms in total. The van der Waals surface area contributed by atoms with Gasteiger partial charge in [-0.15, -0.1) is 0 Å². The summed E-state index contributed by atoms with van der Waals surface area (Å²) < 4.78 is 5.17. The smallest absolute Gasteiger partial charge is 0.407 e. The molecule has 1 aromatic rings. The molecule has 1 aromatic carbocycles.